The highest BCUT2D eigenvalue weighted by Crippen LogP contribution is 2.29. The van der Waals surface area contributed by atoms with E-state index in [9.17, 15) is 5.21 Å². The van der Waals surface area contributed by atoms with Crippen molar-refractivity contribution in [3.8, 4) is 17.0 Å². The minimum atomic E-state index is 0.433. The minimum Gasteiger partial charge on any atom is -0.630 e. The number of rotatable bonds is 3. The lowest BCUT2D eigenvalue weighted by molar-refractivity contribution is -0.496. The summed E-state index contributed by atoms with van der Waals surface area (Å²) in [5.41, 5.74) is 8.64. The molecule has 6 nitrogen and oxygen atoms in total. The maximum Gasteiger partial charge on any atom is 0.163 e. The van der Waals surface area contributed by atoms with Crippen LogP contribution in [0.25, 0.3) is 11.3 Å². The fourth-order valence-electron chi connectivity index (χ4n) is 1.51. The van der Waals surface area contributed by atoms with Crippen LogP contribution in [0.3, 0.4) is 0 Å². The lowest BCUT2D eigenvalue weighted by Crippen LogP contribution is -2.70. The average Bonchev–Trinajstić information content (AvgIpc) is 2.39. The molecule has 0 bridgehead atoms. The van der Waals surface area contributed by atoms with E-state index in [0.29, 0.717) is 28.3 Å². The molecule has 1 heterocycles. The predicted octanol–water partition coefficient (Wildman–Crippen LogP) is 0.427. The molecule has 0 fully saturated rings. The predicted molar refractivity (Wildman–Crippen MR) is 63.4 cm³/mol. The average molecular weight is 232 g/mol. The maximum atomic E-state index is 10.8. The first-order valence-electron chi connectivity index (χ1n) is 4.95. The van der Waals surface area contributed by atoms with E-state index in [1.807, 2.05) is 0 Å². The number of hydrogen-bond acceptors (Lipinski definition) is 5. The Labute approximate surface area is 98.0 Å². The molecule has 0 aliphatic heterocycles. The van der Waals surface area contributed by atoms with E-state index in [2.05, 4.69) is 9.97 Å². The van der Waals surface area contributed by atoms with Crippen molar-refractivity contribution in [1.29, 1.82) is 0 Å². The molecule has 6 heteroatoms. The number of aromatic nitrogens is 2. The monoisotopic (exact) mass is 232 g/mol. The van der Waals surface area contributed by atoms with E-state index in [4.69, 9.17) is 10.5 Å². The minimum absolute atomic E-state index is 0.433. The van der Waals surface area contributed by atoms with Gasteiger partial charge in [0.1, 0.15) is 12.0 Å². The van der Waals surface area contributed by atoms with Crippen LogP contribution in [0.4, 0.5) is 11.4 Å². The summed E-state index contributed by atoms with van der Waals surface area (Å²) < 4.78 is 5.16. The molecule has 0 saturated heterocycles. The van der Waals surface area contributed by atoms with E-state index < -0.39 is 0 Å². The van der Waals surface area contributed by atoms with Crippen LogP contribution in [-0.4, -0.2) is 17.1 Å². The number of nitrogens with two attached hydrogens (primary N) is 2. The highest BCUT2D eigenvalue weighted by molar-refractivity contribution is 5.72. The van der Waals surface area contributed by atoms with Gasteiger partial charge in [0.2, 0.25) is 0 Å². The Bertz CT molecular complexity index is 531. The summed E-state index contributed by atoms with van der Waals surface area (Å²) in [5.74, 6) is 0.550. The molecule has 4 N–H and O–H groups in total. The Hall–Kier alpha value is -2.18. The summed E-state index contributed by atoms with van der Waals surface area (Å²) in [5, 5.41) is 10.8. The molecule has 2 rings (SSSR count). The third kappa shape index (κ3) is 2.17. The molecular formula is C11H12N4O2. The second-order valence-corrected chi connectivity index (χ2v) is 3.40. The van der Waals surface area contributed by atoms with Gasteiger partial charge in [-0.3, -0.25) is 0 Å². The molecule has 88 valence electrons. The normalized spacial score (nSPS) is 10.2. The second kappa shape index (κ2) is 4.77. The molecular weight excluding hydrogens is 220 g/mol. The third-order valence-corrected chi connectivity index (χ3v) is 2.39. The van der Waals surface area contributed by atoms with Gasteiger partial charge in [0.15, 0.2) is 11.4 Å². The van der Waals surface area contributed by atoms with Gasteiger partial charge in [-0.15, -0.1) is 0 Å². The summed E-state index contributed by atoms with van der Waals surface area (Å²) in [6, 6.07) is 5.13. The molecule has 0 radical (unpaired) electrons. The molecule has 2 aromatic rings. The van der Waals surface area contributed by atoms with Gasteiger partial charge >= 0.3 is 0 Å². The van der Waals surface area contributed by atoms with Crippen molar-refractivity contribution in [3.05, 3.63) is 35.9 Å². The van der Waals surface area contributed by atoms with Crippen molar-refractivity contribution in [2.75, 3.05) is 12.8 Å². The van der Waals surface area contributed by atoms with Crippen LogP contribution >= 0.6 is 0 Å². The zero-order chi connectivity index (χ0) is 12.3. The molecule has 0 saturated carbocycles. The van der Waals surface area contributed by atoms with Crippen molar-refractivity contribution in [2.24, 2.45) is 0 Å². The molecule has 0 amide bonds. The van der Waals surface area contributed by atoms with Gasteiger partial charge in [-0.05, 0) is 6.07 Å². The highest BCUT2D eigenvalue weighted by Gasteiger charge is 2.09. The van der Waals surface area contributed by atoms with Gasteiger partial charge in [-0.25, -0.2) is 9.97 Å². The summed E-state index contributed by atoms with van der Waals surface area (Å²) in [4.78, 5) is 8.00. The fourth-order valence-corrected chi connectivity index (χ4v) is 1.51. The van der Waals surface area contributed by atoms with E-state index in [0.717, 1.165) is 5.56 Å². The van der Waals surface area contributed by atoms with Crippen molar-refractivity contribution in [3.63, 3.8) is 0 Å². The molecule has 0 unspecified atom stereocenters. The van der Waals surface area contributed by atoms with Gasteiger partial charge in [0, 0.05) is 11.6 Å². The number of ether oxygens (including phenoxy) is 1. The molecule has 0 spiro atoms. The largest absolute Gasteiger partial charge is 0.630 e. The number of nitrogen functional groups attached to an aromatic ring is 1. The Morgan fingerprint density at radius 3 is 2.94 bits per heavy atom. The first kappa shape index (κ1) is 11.3. The van der Waals surface area contributed by atoms with Gasteiger partial charge < -0.3 is 21.2 Å². The topological polar surface area (TPSA) is 101 Å². The number of methoxy groups -OCH3 is 1. The van der Waals surface area contributed by atoms with Gasteiger partial charge in [0.05, 0.1) is 19.0 Å². The molecule has 0 aliphatic carbocycles. The molecule has 0 aliphatic rings. The van der Waals surface area contributed by atoms with Crippen LogP contribution in [0.1, 0.15) is 0 Å². The Morgan fingerprint density at radius 2 is 2.24 bits per heavy atom. The molecule has 1 aromatic carbocycles. The zero-order valence-electron chi connectivity index (χ0n) is 9.25. The standard InChI is InChI=1S/C11H12N4O2/c1-17-10-5-13-6-14-11(10)7-2-3-8(12)9(4-7)15-16/h2-6H,12,15H2,1H3. The van der Waals surface area contributed by atoms with Crippen LogP contribution in [0.5, 0.6) is 5.75 Å². The van der Waals surface area contributed by atoms with Gasteiger partial charge in [-0.1, -0.05) is 6.07 Å². The third-order valence-electron chi connectivity index (χ3n) is 2.39. The molecule has 0 atom stereocenters. The zero-order valence-corrected chi connectivity index (χ0v) is 9.25. The number of anilines is 1. The quantitative estimate of drug-likeness (QED) is 0.590. The van der Waals surface area contributed by atoms with Crippen LogP contribution in [0.15, 0.2) is 30.7 Å². The smallest absolute Gasteiger partial charge is 0.163 e. The number of benzene rings is 1. The number of nitrogens with zero attached hydrogens (tertiary/aromatic N) is 2. The Balaban J connectivity index is 2.53. The number of quaternary nitrogens is 1. The van der Waals surface area contributed by atoms with Gasteiger partial charge in [-0.2, -0.15) is 0 Å². The van der Waals surface area contributed by atoms with Crippen LogP contribution in [0, 0.1) is 5.21 Å². The summed E-state index contributed by atoms with van der Waals surface area (Å²) >= 11 is 0. The summed E-state index contributed by atoms with van der Waals surface area (Å²) in [6.07, 6.45) is 2.99. The van der Waals surface area contributed by atoms with Crippen molar-refractivity contribution in [1.82, 2.24) is 9.97 Å². The second-order valence-electron chi connectivity index (χ2n) is 3.40. The Morgan fingerprint density at radius 1 is 1.41 bits per heavy atom. The molecule has 1 aromatic heterocycles. The highest BCUT2D eigenvalue weighted by atomic mass is 16.5. The van der Waals surface area contributed by atoms with E-state index in [-0.39, 0.29) is 0 Å². The first-order chi connectivity index (χ1) is 8.26. The number of hydrogen-bond donors (Lipinski definition) is 2. The van der Waals surface area contributed by atoms with Crippen molar-refractivity contribution < 1.29 is 10.2 Å². The molecule has 17 heavy (non-hydrogen) atoms. The summed E-state index contributed by atoms with van der Waals surface area (Å²) in [7, 11) is 1.54. The van der Waals surface area contributed by atoms with Gasteiger partial charge in [0.25, 0.3) is 0 Å². The lowest BCUT2D eigenvalue weighted by atomic mass is 10.1. The SMILES string of the molecule is COc1cncnc1-c1ccc(N)c([NH2+][O-])c1. The first-order valence-corrected chi connectivity index (χ1v) is 4.95. The summed E-state index contributed by atoms with van der Waals surface area (Å²) in [6.45, 7) is 0. The van der Waals surface area contributed by atoms with E-state index in [1.165, 1.54) is 6.33 Å². The van der Waals surface area contributed by atoms with Crippen LogP contribution in [0.2, 0.25) is 0 Å². The fraction of sp³-hybridized carbons (Fsp3) is 0.0909. The lowest BCUT2D eigenvalue weighted by Gasteiger charge is -2.09. The van der Waals surface area contributed by atoms with Crippen molar-refractivity contribution in [2.45, 2.75) is 0 Å². The maximum absolute atomic E-state index is 10.8. The van der Waals surface area contributed by atoms with Crippen molar-refractivity contribution >= 4 is 11.4 Å². The van der Waals surface area contributed by atoms with E-state index >= 15 is 0 Å². The van der Waals surface area contributed by atoms with E-state index in [1.54, 1.807) is 31.5 Å². The van der Waals surface area contributed by atoms with Crippen LogP contribution < -0.4 is 16.0 Å². The Kier molecular flexibility index (Phi) is 3.17. The van der Waals surface area contributed by atoms with Crippen LogP contribution in [-0.2, 0) is 0 Å².